The van der Waals surface area contributed by atoms with Crippen molar-refractivity contribution in [2.24, 2.45) is 0 Å². The molecule has 0 aliphatic carbocycles. The van der Waals surface area contributed by atoms with Crippen LogP contribution in [-0.2, 0) is 9.53 Å². The third-order valence-electron chi connectivity index (χ3n) is 3.88. The van der Waals surface area contributed by atoms with Crippen LogP contribution in [0.25, 0.3) is 0 Å². The van der Waals surface area contributed by atoms with E-state index in [4.69, 9.17) is 4.74 Å². The first kappa shape index (κ1) is 14.2. The van der Waals surface area contributed by atoms with Crippen molar-refractivity contribution < 1.29 is 9.53 Å². The number of ether oxygens (including phenoxy) is 1. The Kier molecular flexibility index (Phi) is 4.18. The Morgan fingerprint density at radius 1 is 1.30 bits per heavy atom. The van der Waals surface area contributed by atoms with Gasteiger partial charge in [-0.1, -0.05) is 0 Å². The molecule has 8 heteroatoms. The lowest BCUT2D eigenvalue weighted by molar-refractivity contribution is -0.149. The Labute approximate surface area is 123 Å². The molecule has 3 aliphatic heterocycles. The molecular weight excluding hydrogens is 278 g/mol. The lowest BCUT2D eigenvalue weighted by atomic mass is 10.4. The summed E-state index contributed by atoms with van der Waals surface area (Å²) in [6, 6.07) is 0. The molecule has 3 rings (SSSR count). The molecule has 0 spiro atoms. The van der Waals surface area contributed by atoms with Crippen molar-refractivity contribution in [3.8, 4) is 0 Å². The van der Waals surface area contributed by atoms with Gasteiger partial charge in [0.1, 0.15) is 5.50 Å². The molecule has 3 heterocycles. The first-order chi connectivity index (χ1) is 9.67. The van der Waals surface area contributed by atoms with Crippen LogP contribution < -0.4 is 5.32 Å². The van der Waals surface area contributed by atoms with Crippen LogP contribution >= 0.6 is 11.8 Å². The van der Waals surface area contributed by atoms with Crippen molar-refractivity contribution in [1.82, 2.24) is 25.1 Å². The lowest BCUT2D eigenvalue weighted by Crippen LogP contribution is -2.66. The van der Waals surface area contributed by atoms with E-state index in [2.05, 4.69) is 27.3 Å². The molecule has 0 radical (unpaired) electrons. The molecular formula is C12H21N5O2S. The summed E-state index contributed by atoms with van der Waals surface area (Å²) in [5.41, 5.74) is -0.0221. The Bertz CT molecular complexity index is 411. The molecule has 0 saturated carbocycles. The monoisotopic (exact) mass is 299 g/mol. The summed E-state index contributed by atoms with van der Waals surface area (Å²) in [5.74, 6) is 0.0110. The number of fused-ring (bicyclic) bond motifs is 1. The molecule has 2 saturated heterocycles. The zero-order valence-corrected chi connectivity index (χ0v) is 12.7. The quantitative estimate of drug-likeness (QED) is 0.725. The van der Waals surface area contributed by atoms with E-state index in [0.717, 1.165) is 32.8 Å². The van der Waals surface area contributed by atoms with Gasteiger partial charge in [0.15, 0.2) is 5.09 Å². The third-order valence-corrected chi connectivity index (χ3v) is 5.04. The first-order valence-corrected chi connectivity index (χ1v) is 7.70. The summed E-state index contributed by atoms with van der Waals surface area (Å²) in [6.07, 6.45) is 1.57. The zero-order chi connectivity index (χ0) is 14.1. The second kappa shape index (κ2) is 5.90. The average molecular weight is 299 g/mol. The number of carbonyl (C=O) groups is 1. The zero-order valence-electron chi connectivity index (χ0n) is 11.9. The van der Waals surface area contributed by atoms with Crippen molar-refractivity contribution >= 4 is 17.7 Å². The van der Waals surface area contributed by atoms with Crippen molar-refractivity contribution in [2.75, 3.05) is 53.7 Å². The molecule has 0 bridgehead atoms. The third kappa shape index (κ3) is 2.79. The van der Waals surface area contributed by atoms with Crippen LogP contribution in [0.1, 0.15) is 0 Å². The minimum atomic E-state index is -0.0221. The maximum atomic E-state index is 12.1. The molecule has 0 aromatic carbocycles. The molecule has 1 atom stereocenters. The number of carbonyl (C=O) groups excluding carboxylic acids is 1. The Balaban J connectivity index is 1.63. The highest BCUT2D eigenvalue weighted by Crippen LogP contribution is 2.30. The highest BCUT2D eigenvalue weighted by molar-refractivity contribution is 8.03. The van der Waals surface area contributed by atoms with Gasteiger partial charge < -0.3 is 9.64 Å². The minimum absolute atomic E-state index is 0.0110. The first-order valence-electron chi connectivity index (χ1n) is 6.82. The van der Waals surface area contributed by atoms with Crippen molar-refractivity contribution in [3.05, 3.63) is 11.2 Å². The molecule has 0 aromatic rings. The Hall–Kier alpha value is -0.800. The summed E-state index contributed by atoms with van der Waals surface area (Å²) < 4.78 is 5.17. The normalized spacial score (nSPS) is 30.1. The molecule has 0 aromatic heterocycles. The highest BCUT2D eigenvalue weighted by atomic mass is 32.2. The molecule has 1 N–H and O–H groups in total. The maximum absolute atomic E-state index is 12.1. The topological polar surface area (TPSA) is 51.3 Å². The van der Waals surface area contributed by atoms with Gasteiger partial charge in [0.05, 0.1) is 26.5 Å². The van der Waals surface area contributed by atoms with Crippen LogP contribution in [0.3, 0.4) is 0 Å². The minimum Gasteiger partial charge on any atom is -0.490 e. The van der Waals surface area contributed by atoms with Gasteiger partial charge in [0.25, 0.3) is 5.91 Å². The van der Waals surface area contributed by atoms with Crippen LogP contribution in [0.15, 0.2) is 11.2 Å². The maximum Gasteiger partial charge on any atom is 0.253 e. The molecule has 20 heavy (non-hydrogen) atoms. The number of hydrogen-bond acceptors (Lipinski definition) is 7. The standard InChI is InChI=1S/C12H21N5O2S/c1-14-3-5-15(6-4-14)16-8-13-12-17(9-16)10(18)7-11(19-2)20-12/h7,12-13H,3-6,8-9H2,1-2H3. The van der Waals surface area contributed by atoms with E-state index in [9.17, 15) is 4.79 Å². The van der Waals surface area contributed by atoms with E-state index in [1.54, 1.807) is 24.9 Å². The van der Waals surface area contributed by atoms with E-state index in [1.165, 1.54) is 0 Å². The number of thioether (sulfide) groups is 1. The predicted octanol–water partition coefficient (Wildman–Crippen LogP) is -0.684. The fourth-order valence-electron chi connectivity index (χ4n) is 2.59. The summed E-state index contributed by atoms with van der Waals surface area (Å²) in [4.78, 5) is 16.3. The second-order valence-electron chi connectivity index (χ2n) is 5.21. The number of hydrogen-bond donors (Lipinski definition) is 1. The summed E-state index contributed by atoms with van der Waals surface area (Å²) in [6.45, 7) is 5.56. The van der Waals surface area contributed by atoms with Crippen molar-refractivity contribution in [2.45, 2.75) is 5.50 Å². The van der Waals surface area contributed by atoms with Crippen molar-refractivity contribution in [3.63, 3.8) is 0 Å². The van der Waals surface area contributed by atoms with Gasteiger partial charge in [-0.2, -0.15) is 0 Å². The number of amides is 1. The smallest absolute Gasteiger partial charge is 0.253 e. The van der Waals surface area contributed by atoms with Gasteiger partial charge in [-0.25, -0.2) is 10.0 Å². The molecule has 7 nitrogen and oxygen atoms in total. The van der Waals surface area contributed by atoms with Crippen LogP contribution in [0.2, 0.25) is 0 Å². The number of rotatable bonds is 2. The van der Waals surface area contributed by atoms with E-state index >= 15 is 0 Å². The molecule has 112 valence electrons. The predicted molar refractivity (Wildman–Crippen MR) is 77.1 cm³/mol. The number of piperazine rings is 1. The number of hydrazine groups is 1. The average Bonchev–Trinajstić information content (AvgIpc) is 2.47. The van der Waals surface area contributed by atoms with Gasteiger partial charge in [-0.15, -0.1) is 0 Å². The lowest BCUT2D eigenvalue weighted by Gasteiger charge is -2.48. The largest absolute Gasteiger partial charge is 0.490 e. The van der Waals surface area contributed by atoms with Gasteiger partial charge in [0.2, 0.25) is 0 Å². The van der Waals surface area contributed by atoms with E-state index in [1.807, 2.05) is 4.90 Å². The van der Waals surface area contributed by atoms with E-state index < -0.39 is 0 Å². The molecule has 1 amide bonds. The van der Waals surface area contributed by atoms with Gasteiger partial charge in [-0.05, 0) is 18.8 Å². The Morgan fingerprint density at radius 3 is 2.75 bits per heavy atom. The number of likely N-dealkylation sites (N-methyl/N-ethyl adjacent to an activating group) is 1. The summed E-state index contributed by atoms with van der Waals surface area (Å²) >= 11 is 1.55. The number of nitrogens with one attached hydrogen (secondary N) is 1. The fraction of sp³-hybridized carbons (Fsp3) is 0.750. The number of nitrogens with zero attached hydrogens (tertiary/aromatic N) is 4. The highest BCUT2D eigenvalue weighted by Gasteiger charge is 2.36. The van der Waals surface area contributed by atoms with Crippen LogP contribution in [0, 0.1) is 0 Å². The SMILES string of the molecule is COC1=CC(=O)N2CN(N3CCN(C)CC3)CNC2S1. The van der Waals surface area contributed by atoms with Gasteiger partial charge in [0, 0.05) is 26.2 Å². The number of methoxy groups -OCH3 is 1. The Morgan fingerprint density at radius 2 is 2.05 bits per heavy atom. The van der Waals surface area contributed by atoms with Crippen LogP contribution in [0.5, 0.6) is 0 Å². The second-order valence-corrected chi connectivity index (χ2v) is 6.30. The molecule has 3 aliphatic rings. The van der Waals surface area contributed by atoms with Gasteiger partial charge >= 0.3 is 0 Å². The summed E-state index contributed by atoms with van der Waals surface area (Å²) in [5, 5.41) is 8.62. The fourth-order valence-corrected chi connectivity index (χ4v) is 3.53. The summed E-state index contributed by atoms with van der Waals surface area (Å²) in [7, 11) is 3.74. The van der Waals surface area contributed by atoms with Crippen LogP contribution in [-0.4, -0.2) is 84.9 Å². The van der Waals surface area contributed by atoms with Crippen LogP contribution in [0.4, 0.5) is 0 Å². The van der Waals surface area contributed by atoms with E-state index in [0.29, 0.717) is 11.8 Å². The van der Waals surface area contributed by atoms with E-state index in [-0.39, 0.29) is 11.4 Å². The van der Waals surface area contributed by atoms with Crippen molar-refractivity contribution in [1.29, 1.82) is 0 Å². The molecule has 1 unspecified atom stereocenters. The van der Waals surface area contributed by atoms with Gasteiger partial charge in [-0.3, -0.25) is 15.0 Å². The molecule has 2 fully saturated rings.